The largest absolute Gasteiger partial charge is 0.397 e. The molecule has 0 fully saturated rings. The van der Waals surface area contributed by atoms with E-state index < -0.39 is 0 Å². The zero-order chi connectivity index (χ0) is 11.1. The molecule has 0 unspecified atom stereocenters. The molecule has 0 aliphatic carbocycles. The Balaban J connectivity index is 0.000000292. The van der Waals surface area contributed by atoms with Crippen molar-refractivity contribution in [3.8, 4) is 0 Å². The Morgan fingerprint density at radius 2 is 1.86 bits per heavy atom. The number of halogens is 1. The molecule has 1 rings (SSSR count). The number of nitrogens with two attached hydrogens (primary N) is 2. The Kier molecular flexibility index (Phi) is 5.72. The van der Waals surface area contributed by atoms with Crippen LogP contribution in [0.1, 0.15) is 18.9 Å². The minimum atomic E-state index is -0.273. The van der Waals surface area contributed by atoms with E-state index in [9.17, 15) is 4.79 Å². The molecule has 0 heterocycles. The molecule has 3 nitrogen and oxygen atoms in total. The quantitative estimate of drug-likeness (QED) is 0.557. The summed E-state index contributed by atoms with van der Waals surface area (Å²) in [5.41, 5.74) is 13.4. The standard InChI is InChI=1S/C7H10N2.C3H5ClO/c1-5-2-3-6(8)7(9)4-5;1-2-3(4)5/h2-4H,8-9H2,1H3;2H2,1H3. The van der Waals surface area contributed by atoms with Crippen molar-refractivity contribution in [3.63, 3.8) is 0 Å². The molecule has 0 aliphatic rings. The number of rotatable bonds is 1. The van der Waals surface area contributed by atoms with Crippen molar-refractivity contribution >= 4 is 28.2 Å². The molecule has 0 bridgehead atoms. The third-order valence-electron chi connectivity index (χ3n) is 1.52. The van der Waals surface area contributed by atoms with E-state index in [0.29, 0.717) is 17.8 Å². The number of carbonyl (C=O) groups is 1. The van der Waals surface area contributed by atoms with Gasteiger partial charge in [-0.1, -0.05) is 13.0 Å². The van der Waals surface area contributed by atoms with Gasteiger partial charge in [0.1, 0.15) is 0 Å². The van der Waals surface area contributed by atoms with Crippen LogP contribution >= 0.6 is 11.6 Å². The number of aryl methyl sites for hydroxylation is 1. The van der Waals surface area contributed by atoms with Crippen LogP contribution in [0.2, 0.25) is 0 Å². The van der Waals surface area contributed by atoms with Crippen molar-refractivity contribution in [2.45, 2.75) is 20.3 Å². The second-order valence-corrected chi connectivity index (χ2v) is 3.26. The molecule has 0 saturated carbocycles. The van der Waals surface area contributed by atoms with Gasteiger partial charge in [-0.05, 0) is 36.2 Å². The monoisotopic (exact) mass is 214 g/mol. The van der Waals surface area contributed by atoms with Crippen molar-refractivity contribution in [1.29, 1.82) is 0 Å². The summed E-state index contributed by atoms with van der Waals surface area (Å²) in [6.07, 6.45) is 0.432. The highest BCUT2D eigenvalue weighted by atomic mass is 35.5. The maximum absolute atomic E-state index is 9.58. The highest BCUT2D eigenvalue weighted by Crippen LogP contribution is 2.14. The number of anilines is 2. The molecule has 4 heteroatoms. The number of hydrogen-bond donors (Lipinski definition) is 2. The van der Waals surface area contributed by atoms with E-state index in [-0.39, 0.29) is 5.24 Å². The van der Waals surface area contributed by atoms with Gasteiger partial charge in [0, 0.05) is 6.42 Å². The van der Waals surface area contributed by atoms with E-state index in [2.05, 4.69) is 0 Å². The van der Waals surface area contributed by atoms with Gasteiger partial charge in [-0.2, -0.15) is 0 Å². The Labute approximate surface area is 89.0 Å². The molecule has 0 saturated heterocycles. The summed E-state index contributed by atoms with van der Waals surface area (Å²) in [4.78, 5) is 9.58. The van der Waals surface area contributed by atoms with Gasteiger partial charge in [0.2, 0.25) is 5.24 Å². The lowest BCUT2D eigenvalue weighted by Gasteiger charge is -1.98. The molecule has 78 valence electrons. The van der Waals surface area contributed by atoms with Gasteiger partial charge in [-0.15, -0.1) is 0 Å². The van der Waals surface area contributed by atoms with Crippen LogP contribution < -0.4 is 11.5 Å². The molecule has 0 spiro atoms. The summed E-state index contributed by atoms with van der Waals surface area (Å²) in [6.45, 7) is 3.70. The first-order chi connectivity index (χ1) is 6.47. The fourth-order valence-corrected chi connectivity index (χ4v) is 0.694. The second-order valence-electron chi connectivity index (χ2n) is 2.84. The van der Waals surface area contributed by atoms with Gasteiger partial charge >= 0.3 is 0 Å². The summed E-state index contributed by atoms with van der Waals surface area (Å²) in [6, 6.07) is 5.60. The summed E-state index contributed by atoms with van der Waals surface area (Å²) in [5, 5.41) is -0.273. The van der Waals surface area contributed by atoms with Crippen LogP contribution in [0.5, 0.6) is 0 Å². The molecule has 0 amide bonds. The van der Waals surface area contributed by atoms with Crippen LogP contribution in [0, 0.1) is 6.92 Å². The third kappa shape index (κ3) is 5.43. The summed E-state index contributed by atoms with van der Waals surface area (Å²) < 4.78 is 0. The normalized spacial score (nSPS) is 8.79. The number of carbonyl (C=O) groups excluding carboxylic acids is 1. The van der Waals surface area contributed by atoms with Crippen LogP contribution in [0.3, 0.4) is 0 Å². The van der Waals surface area contributed by atoms with E-state index in [1.807, 2.05) is 25.1 Å². The van der Waals surface area contributed by atoms with Crippen molar-refractivity contribution < 1.29 is 4.79 Å². The Bertz CT molecular complexity index is 313. The van der Waals surface area contributed by atoms with E-state index in [1.54, 1.807) is 6.92 Å². The molecule has 0 radical (unpaired) electrons. The first-order valence-corrected chi connectivity index (χ1v) is 4.65. The van der Waals surface area contributed by atoms with Crippen LogP contribution in [0.4, 0.5) is 11.4 Å². The van der Waals surface area contributed by atoms with E-state index in [4.69, 9.17) is 23.1 Å². The zero-order valence-corrected chi connectivity index (χ0v) is 9.14. The van der Waals surface area contributed by atoms with Crippen LogP contribution in [-0.4, -0.2) is 5.24 Å². The highest BCUT2D eigenvalue weighted by molar-refractivity contribution is 6.63. The van der Waals surface area contributed by atoms with Crippen LogP contribution in [0.15, 0.2) is 18.2 Å². The molecule has 0 atom stereocenters. The van der Waals surface area contributed by atoms with Gasteiger partial charge < -0.3 is 11.5 Å². The van der Waals surface area contributed by atoms with Crippen molar-refractivity contribution in [2.24, 2.45) is 0 Å². The predicted octanol–water partition coefficient (Wildman–Crippen LogP) is 2.32. The summed E-state index contributed by atoms with van der Waals surface area (Å²) in [5.74, 6) is 0. The SMILES string of the molecule is CCC(=O)Cl.Cc1ccc(N)c(N)c1. The van der Waals surface area contributed by atoms with Gasteiger partial charge in [0.25, 0.3) is 0 Å². The van der Waals surface area contributed by atoms with E-state index >= 15 is 0 Å². The molecular formula is C10H15ClN2O. The molecular weight excluding hydrogens is 200 g/mol. The fourth-order valence-electron chi connectivity index (χ4n) is 0.694. The molecule has 0 aromatic heterocycles. The van der Waals surface area contributed by atoms with Crippen molar-refractivity contribution in [3.05, 3.63) is 23.8 Å². The number of hydrogen-bond acceptors (Lipinski definition) is 3. The molecule has 0 aliphatic heterocycles. The van der Waals surface area contributed by atoms with Crippen LogP contribution in [0.25, 0.3) is 0 Å². The minimum absolute atomic E-state index is 0.273. The Hall–Kier alpha value is -1.22. The average molecular weight is 215 g/mol. The smallest absolute Gasteiger partial charge is 0.221 e. The zero-order valence-electron chi connectivity index (χ0n) is 8.38. The number of benzene rings is 1. The van der Waals surface area contributed by atoms with Gasteiger partial charge in [0.15, 0.2) is 0 Å². The van der Waals surface area contributed by atoms with Crippen molar-refractivity contribution in [2.75, 3.05) is 11.5 Å². The minimum Gasteiger partial charge on any atom is -0.397 e. The van der Waals surface area contributed by atoms with Crippen LogP contribution in [-0.2, 0) is 4.79 Å². The topological polar surface area (TPSA) is 69.1 Å². The lowest BCUT2D eigenvalue weighted by molar-refractivity contribution is -0.111. The Morgan fingerprint density at radius 1 is 1.36 bits per heavy atom. The summed E-state index contributed by atoms with van der Waals surface area (Å²) >= 11 is 4.82. The Morgan fingerprint density at radius 3 is 2.14 bits per heavy atom. The molecule has 4 N–H and O–H groups in total. The third-order valence-corrected chi connectivity index (χ3v) is 1.79. The molecule has 14 heavy (non-hydrogen) atoms. The second kappa shape index (κ2) is 6.27. The first-order valence-electron chi connectivity index (χ1n) is 4.27. The van der Waals surface area contributed by atoms with E-state index in [1.165, 1.54) is 0 Å². The fraction of sp³-hybridized carbons (Fsp3) is 0.300. The highest BCUT2D eigenvalue weighted by Gasteiger charge is 1.90. The average Bonchev–Trinajstić information content (AvgIpc) is 2.13. The molecule has 1 aromatic rings. The van der Waals surface area contributed by atoms with E-state index in [0.717, 1.165) is 5.56 Å². The van der Waals surface area contributed by atoms with Gasteiger partial charge in [-0.25, -0.2) is 0 Å². The maximum atomic E-state index is 9.58. The molecule has 1 aromatic carbocycles. The van der Waals surface area contributed by atoms with Gasteiger partial charge in [-0.3, -0.25) is 4.79 Å². The maximum Gasteiger partial charge on any atom is 0.221 e. The number of nitrogen functional groups attached to an aromatic ring is 2. The first kappa shape index (κ1) is 12.8. The van der Waals surface area contributed by atoms with Crippen molar-refractivity contribution in [1.82, 2.24) is 0 Å². The lowest BCUT2D eigenvalue weighted by Crippen LogP contribution is -1.93. The predicted molar refractivity (Wildman–Crippen MR) is 61.2 cm³/mol. The van der Waals surface area contributed by atoms with Gasteiger partial charge in [0.05, 0.1) is 11.4 Å². The summed E-state index contributed by atoms with van der Waals surface area (Å²) in [7, 11) is 0. The lowest BCUT2D eigenvalue weighted by atomic mass is 10.2.